The summed E-state index contributed by atoms with van der Waals surface area (Å²) in [4.78, 5) is 2.53. The molecule has 1 aliphatic rings. The second kappa shape index (κ2) is 5.88. The molecule has 0 spiro atoms. The maximum atomic E-state index is 8.74. The van der Waals surface area contributed by atoms with Crippen molar-refractivity contribution in [1.82, 2.24) is 4.90 Å². The highest BCUT2D eigenvalue weighted by Gasteiger charge is 2.23. The van der Waals surface area contributed by atoms with E-state index in [0.29, 0.717) is 11.6 Å². The maximum Gasteiger partial charge on any atom is 0.0991 e. The lowest BCUT2D eigenvalue weighted by molar-refractivity contribution is 0.266. The number of nitrogens with one attached hydrogen (secondary N) is 1. The number of likely N-dealkylation sites (tertiary alicyclic amines) is 1. The van der Waals surface area contributed by atoms with E-state index in [-0.39, 0.29) is 0 Å². The predicted octanol–water partition coefficient (Wildman–Crippen LogP) is 2.70. The van der Waals surface area contributed by atoms with Gasteiger partial charge in [-0.05, 0) is 57.0 Å². The molecule has 1 aliphatic heterocycles. The Morgan fingerprint density at radius 2 is 2.11 bits per heavy atom. The first kappa shape index (κ1) is 12.9. The molecule has 1 atom stereocenters. The molecule has 0 amide bonds. The van der Waals surface area contributed by atoms with Crippen molar-refractivity contribution in [1.29, 1.82) is 5.26 Å². The molecule has 0 aliphatic carbocycles. The van der Waals surface area contributed by atoms with Crippen molar-refractivity contribution in [2.45, 2.75) is 26.3 Å². The van der Waals surface area contributed by atoms with Crippen LogP contribution in [0.3, 0.4) is 0 Å². The third-order valence-corrected chi connectivity index (χ3v) is 3.66. The quantitative estimate of drug-likeness (QED) is 0.883. The van der Waals surface area contributed by atoms with Crippen molar-refractivity contribution < 1.29 is 0 Å². The van der Waals surface area contributed by atoms with E-state index < -0.39 is 0 Å². The van der Waals surface area contributed by atoms with E-state index in [4.69, 9.17) is 5.26 Å². The first-order chi connectivity index (χ1) is 8.69. The van der Waals surface area contributed by atoms with Crippen LogP contribution in [0.15, 0.2) is 24.3 Å². The molecule has 1 fully saturated rings. The standard InChI is InChI=1S/C15H21N3/c1-12(2)18-8-7-14(11-18)10-17-15-5-3-13(9-16)4-6-15/h3-6,12,14,17H,7-8,10-11H2,1-2H3. The Labute approximate surface area is 109 Å². The number of nitriles is 1. The molecule has 96 valence electrons. The third-order valence-electron chi connectivity index (χ3n) is 3.66. The minimum Gasteiger partial charge on any atom is -0.385 e. The molecule has 1 aromatic carbocycles. The lowest BCUT2D eigenvalue weighted by Crippen LogP contribution is -2.29. The largest absolute Gasteiger partial charge is 0.385 e. The molecule has 3 nitrogen and oxygen atoms in total. The summed E-state index contributed by atoms with van der Waals surface area (Å²) in [7, 11) is 0. The summed E-state index contributed by atoms with van der Waals surface area (Å²) >= 11 is 0. The number of hydrogen-bond donors (Lipinski definition) is 1. The zero-order valence-corrected chi connectivity index (χ0v) is 11.2. The molecule has 1 aromatic rings. The number of nitrogens with zero attached hydrogens (tertiary/aromatic N) is 2. The molecular weight excluding hydrogens is 222 g/mol. The Hall–Kier alpha value is -1.53. The summed E-state index contributed by atoms with van der Waals surface area (Å²) in [5.74, 6) is 0.739. The summed E-state index contributed by atoms with van der Waals surface area (Å²) in [5.41, 5.74) is 1.82. The van der Waals surface area contributed by atoms with E-state index in [1.54, 1.807) is 0 Å². The van der Waals surface area contributed by atoms with Gasteiger partial charge in [0.15, 0.2) is 0 Å². The highest BCUT2D eigenvalue weighted by molar-refractivity contribution is 5.47. The second-order valence-electron chi connectivity index (χ2n) is 5.31. The SMILES string of the molecule is CC(C)N1CCC(CNc2ccc(C#N)cc2)C1. The Balaban J connectivity index is 1.80. The van der Waals surface area contributed by atoms with Gasteiger partial charge in [-0.1, -0.05) is 0 Å². The van der Waals surface area contributed by atoms with Crippen LogP contribution < -0.4 is 5.32 Å². The van der Waals surface area contributed by atoms with E-state index in [0.717, 1.165) is 18.2 Å². The van der Waals surface area contributed by atoms with Gasteiger partial charge in [-0.3, -0.25) is 0 Å². The van der Waals surface area contributed by atoms with Crippen molar-refractivity contribution in [3.63, 3.8) is 0 Å². The van der Waals surface area contributed by atoms with Crippen LogP contribution in [0.1, 0.15) is 25.8 Å². The molecule has 1 N–H and O–H groups in total. The van der Waals surface area contributed by atoms with Gasteiger partial charge in [0.25, 0.3) is 0 Å². The second-order valence-corrected chi connectivity index (χ2v) is 5.31. The molecule has 3 heteroatoms. The van der Waals surface area contributed by atoms with E-state index in [2.05, 4.69) is 30.1 Å². The van der Waals surface area contributed by atoms with Gasteiger partial charge in [-0.25, -0.2) is 0 Å². The number of benzene rings is 1. The summed E-state index contributed by atoms with van der Waals surface area (Å²) < 4.78 is 0. The zero-order chi connectivity index (χ0) is 13.0. The van der Waals surface area contributed by atoms with Crippen LogP contribution in [-0.2, 0) is 0 Å². The number of rotatable bonds is 4. The first-order valence-corrected chi connectivity index (χ1v) is 6.67. The van der Waals surface area contributed by atoms with Crippen LogP contribution in [0.5, 0.6) is 0 Å². The Kier molecular flexibility index (Phi) is 4.22. The molecule has 0 saturated carbocycles. The first-order valence-electron chi connectivity index (χ1n) is 6.67. The molecule has 18 heavy (non-hydrogen) atoms. The van der Waals surface area contributed by atoms with E-state index in [1.807, 2.05) is 24.3 Å². The molecule has 0 radical (unpaired) electrons. The van der Waals surface area contributed by atoms with E-state index >= 15 is 0 Å². The molecule has 1 saturated heterocycles. The van der Waals surface area contributed by atoms with Gasteiger partial charge in [0, 0.05) is 24.8 Å². The van der Waals surface area contributed by atoms with Crippen LogP contribution in [0, 0.1) is 17.2 Å². The fourth-order valence-electron chi connectivity index (χ4n) is 2.42. The monoisotopic (exact) mass is 243 g/mol. The Morgan fingerprint density at radius 3 is 2.67 bits per heavy atom. The third kappa shape index (κ3) is 3.24. The zero-order valence-electron chi connectivity index (χ0n) is 11.2. The smallest absolute Gasteiger partial charge is 0.0991 e. The van der Waals surface area contributed by atoms with E-state index in [9.17, 15) is 0 Å². The Morgan fingerprint density at radius 1 is 1.39 bits per heavy atom. The predicted molar refractivity (Wildman–Crippen MR) is 74.5 cm³/mol. The number of anilines is 1. The van der Waals surface area contributed by atoms with Crippen LogP contribution in [0.4, 0.5) is 5.69 Å². The van der Waals surface area contributed by atoms with Crippen molar-refractivity contribution in [3.05, 3.63) is 29.8 Å². The van der Waals surface area contributed by atoms with Gasteiger partial charge in [0.2, 0.25) is 0 Å². The van der Waals surface area contributed by atoms with E-state index in [1.165, 1.54) is 19.5 Å². The van der Waals surface area contributed by atoms with Crippen LogP contribution >= 0.6 is 0 Å². The van der Waals surface area contributed by atoms with Crippen LogP contribution in [0.2, 0.25) is 0 Å². The average molecular weight is 243 g/mol. The highest BCUT2D eigenvalue weighted by Crippen LogP contribution is 2.19. The fourth-order valence-corrected chi connectivity index (χ4v) is 2.42. The van der Waals surface area contributed by atoms with Gasteiger partial charge in [0.05, 0.1) is 11.6 Å². The van der Waals surface area contributed by atoms with Gasteiger partial charge in [-0.15, -0.1) is 0 Å². The number of hydrogen-bond acceptors (Lipinski definition) is 3. The minimum atomic E-state index is 0.657. The molecular formula is C15H21N3. The van der Waals surface area contributed by atoms with Crippen molar-refractivity contribution in [2.75, 3.05) is 25.0 Å². The molecule has 1 unspecified atom stereocenters. The molecule has 0 bridgehead atoms. The summed E-state index contributed by atoms with van der Waals surface area (Å²) in [6, 6.07) is 10.5. The molecule has 0 aromatic heterocycles. The lowest BCUT2D eigenvalue weighted by atomic mass is 10.1. The molecule has 1 heterocycles. The van der Waals surface area contributed by atoms with Crippen molar-refractivity contribution in [2.24, 2.45) is 5.92 Å². The highest BCUT2D eigenvalue weighted by atomic mass is 15.2. The van der Waals surface area contributed by atoms with Crippen molar-refractivity contribution in [3.8, 4) is 6.07 Å². The van der Waals surface area contributed by atoms with Gasteiger partial charge in [-0.2, -0.15) is 5.26 Å². The van der Waals surface area contributed by atoms with Gasteiger partial charge < -0.3 is 10.2 Å². The Bertz CT molecular complexity index is 416. The average Bonchev–Trinajstić information content (AvgIpc) is 2.86. The molecule has 2 rings (SSSR count). The minimum absolute atomic E-state index is 0.657. The topological polar surface area (TPSA) is 39.1 Å². The van der Waals surface area contributed by atoms with Crippen LogP contribution in [0.25, 0.3) is 0 Å². The van der Waals surface area contributed by atoms with Crippen LogP contribution in [-0.4, -0.2) is 30.6 Å². The summed E-state index contributed by atoms with van der Waals surface area (Å²) in [5, 5.41) is 12.2. The lowest BCUT2D eigenvalue weighted by Gasteiger charge is -2.20. The summed E-state index contributed by atoms with van der Waals surface area (Å²) in [6.07, 6.45) is 1.28. The van der Waals surface area contributed by atoms with Crippen molar-refractivity contribution >= 4 is 5.69 Å². The summed E-state index contributed by atoms with van der Waals surface area (Å²) in [6.45, 7) is 7.96. The fraction of sp³-hybridized carbons (Fsp3) is 0.533. The maximum absolute atomic E-state index is 8.74. The van der Waals surface area contributed by atoms with Gasteiger partial charge in [0.1, 0.15) is 0 Å². The normalized spacial score (nSPS) is 20.0. The van der Waals surface area contributed by atoms with Gasteiger partial charge >= 0.3 is 0 Å².